The lowest BCUT2D eigenvalue weighted by Gasteiger charge is -2.51. The van der Waals surface area contributed by atoms with E-state index in [2.05, 4.69) is 28.6 Å². The number of rotatable bonds is 2. The maximum atomic E-state index is 11.8. The summed E-state index contributed by atoms with van der Waals surface area (Å²) in [5.74, 6) is 1.70. The van der Waals surface area contributed by atoms with E-state index in [1.165, 1.54) is 4.88 Å². The lowest BCUT2D eigenvalue weighted by atomic mass is 9.91. The van der Waals surface area contributed by atoms with Gasteiger partial charge in [0.25, 0.3) is 0 Å². The van der Waals surface area contributed by atoms with E-state index in [-0.39, 0.29) is 11.9 Å². The number of carbonyl (C=O) groups excluding carboxylic acids is 1. The van der Waals surface area contributed by atoms with Crippen LogP contribution in [0.15, 0.2) is 40.8 Å². The SMILES string of the molecule is COc1cccc2c1OC1(CCN(C(C)=O)CC1)N1N=C(c3cccs3)C[C@@H]21. The molecule has 1 saturated heterocycles. The first-order valence-corrected chi connectivity index (χ1v) is 10.5. The molecule has 7 heteroatoms. The molecule has 0 bridgehead atoms. The Morgan fingerprint density at radius 1 is 1.29 bits per heavy atom. The summed E-state index contributed by atoms with van der Waals surface area (Å²) in [6.07, 6.45) is 2.30. The van der Waals surface area contributed by atoms with Gasteiger partial charge in [-0.2, -0.15) is 5.10 Å². The van der Waals surface area contributed by atoms with Crippen molar-refractivity contribution in [1.29, 1.82) is 0 Å². The molecule has 0 N–H and O–H groups in total. The smallest absolute Gasteiger partial charge is 0.219 e. The largest absolute Gasteiger partial charge is 0.493 e. The summed E-state index contributed by atoms with van der Waals surface area (Å²) in [6.45, 7) is 2.98. The number of ether oxygens (including phenoxy) is 2. The second-order valence-electron chi connectivity index (χ2n) is 7.52. The van der Waals surface area contributed by atoms with E-state index < -0.39 is 5.72 Å². The van der Waals surface area contributed by atoms with Gasteiger partial charge in [-0.1, -0.05) is 18.2 Å². The summed E-state index contributed by atoms with van der Waals surface area (Å²) in [4.78, 5) is 14.9. The highest BCUT2D eigenvalue weighted by Crippen LogP contribution is 2.52. The predicted octanol–water partition coefficient (Wildman–Crippen LogP) is 3.64. The summed E-state index contributed by atoms with van der Waals surface area (Å²) in [5, 5.41) is 9.30. The molecule has 2 aromatic rings. The molecular weight excluding hydrogens is 374 g/mol. The zero-order chi connectivity index (χ0) is 19.3. The summed E-state index contributed by atoms with van der Waals surface area (Å²) < 4.78 is 12.3. The lowest BCUT2D eigenvalue weighted by Crippen LogP contribution is -2.59. The fraction of sp³-hybridized carbons (Fsp3) is 0.429. The van der Waals surface area contributed by atoms with Crippen LogP contribution in [0.2, 0.25) is 0 Å². The van der Waals surface area contributed by atoms with Crippen molar-refractivity contribution in [1.82, 2.24) is 9.91 Å². The maximum absolute atomic E-state index is 11.8. The zero-order valence-electron chi connectivity index (χ0n) is 16.1. The molecule has 0 aliphatic carbocycles. The van der Waals surface area contributed by atoms with Gasteiger partial charge >= 0.3 is 0 Å². The molecule has 0 unspecified atom stereocenters. The van der Waals surface area contributed by atoms with Gasteiger partial charge in [0.15, 0.2) is 11.5 Å². The second-order valence-corrected chi connectivity index (χ2v) is 8.47. The molecule has 1 aromatic carbocycles. The van der Waals surface area contributed by atoms with Crippen molar-refractivity contribution < 1.29 is 14.3 Å². The number of hydrogen-bond acceptors (Lipinski definition) is 6. The topological polar surface area (TPSA) is 54.4 Å². The molecule has 6 nitrogen and oxygen atoms in total. The predicted molar refractivity (Wildman–Crippen MR) is 108 cm³/mol. The molecule has 1 amide bonds. The molecule has 5 rings (SSSR count). The van der Waals surface area contributed by atoms with Gasteiger partial charge in [0, 0.05) is 44.8 Å². The molecule has 28 heavy (non-hydrogen) atoms. The van der Waals surface area contributed by atoms with E-state index in [9.17, 15) is 4.79 Å². The fourth-order valence-electron chi connectivity index (χ4n) is 4.52. The molecule has 1 aromatic heterocycles. The van der Waals surface area contributed by atoms with E-state index in [1.807, 2.05) is 17.0 Å². The summed E-state index contributed by atoms with van der Waals surface area (Å²) in [6, 6.07) is 10.4. The summed E-state index contributed by atoms with van der Waals surface area (Å²) >= 11 is 1.72. The molecule has 0 saturated carbocycles. The van der Waals surface area contributed by atoms with Crippen molar-refractivity contribution in [3.63, 3.8) is 0 Å². The van der Waals surface area contributed by atoms with Gasteiger partial charge in [-0.25, -0.2) is 5.01 Å². The number of nitrogens with zero attached hydrogens (tertiary/aromatic N) is 3. The molecule has 3 aliphatic heterocycles. The van der Waals surface area contributed by atoms with Crippen molar-refractivity contribution in [2.75, 3.05) is 20.2 Å². The van der Waals surface area contributed by atoms with E-state index in [0.717, 1.165) is 42.0 Å². The zero-order valence-corrected chi connectivity index (χ0v) is 16.9. The average molecular weight is 398 g/mol. The van der Waals surface area contributed by atoms with E-state index >= 15 is 0 Å². The van der Waals surface area contributed by atoms with Gasteiger partial charge in [-0.15, -0.1) is 11.3 Å². The van der Waals surface area contributed by atoms with Crippen LogP contribution in [0.5, 0.6) is 11.5 Å². The first-order chi connectivity index (χ1) is 13.6. The fourth-order valence-corrected chi connectivity index (χ4v) is 5.24. The van der Waals surface area contributed by atoms with Crippen LogP contribution in [-0.2, 0) is 4.79 Å². The Labute approximate surface area is 168 Å². The Bertz CT molecular complexity index is 932. The third kappa shape index (κ3) is 2.60. The summed E-state index contributed by atoms with van der Waals surface area (Å²) in [7, 11) is 1.68. The first-order valence-electron chi connectivity index (χ1n) is 9.63. The van der Waals surface area contributed by atoms with Crippen LogP contribution in [0.3, 0.4) is 0 Å². The number of fused-ring (bicyclic) bond motifs is 4. The molecule has 146 valence electrons. The van der Waals surface area contributed by atoms with Gasteiger partial charge in [0.05, 0.1) is 23.7 Å². The number of piperidine rings is 1. The van der Waals surface area contributed by atoms with Crippen molar-refractivity contribution in [3.05, 3.63) is 46.2 Å². The van der Waals surface area contributed by atoms with Gasteiger partial charge < -0.3 is 14.4 Å². The highest BCUT2D eigenvalue weighted by Gasteiger charge is 2.52. The van der Waals surface area contributed by atoms with Crippen LogP contribution >= 0.6 is 11.3 Å². The van der Waals surface area contributed by atoms with E-state index in [1.54, 1.807) is 25.4 Å². The maximum Gasteiger partial charge on any atom is 0.219 e. The lowest BCUT2D eigenvalue weighted by molar-refractivity contribution is -0.159. The van der Waals surface area contributed by atoms with Crippen LogP contribution in [0.4, 0.5) is 0 Å². The normalized spacial score (nSPS) is 22.4. The highest BCUT2D eigenvalue weighted by atomic mass is 32.1. The molecule has 4 heterocycles. The van der Waals surface area contributed by atoms with Gasteiger partial charge in [-0.3, -0.25) is 4.79 Å². The number of hydrogen-bond donors (Lipinski definition) is 0. The average Bonchev–Trinajstić information content (AvgIpc) is 3.38. The number of hydrazone groups is 1. The van der Waals surface area contributed by atoms with Gasteiger partial charge in [0.2, 0.25) is 11.6 Å². The molecular formula is C21H23N3O3S. The number of para-hydroxylation sites is 1. The number of methoxy groups -OCH3 is 1. The highest BCUT2D eigenvalue weighted by molar-refractivity contribution is 7.12. The number of likely N-dealkylation sites (tertiary alicyclic amines) is 1. The first kappa shape index (κ1) is 17.6. The number of benzene rings is 1. The quantitative estimate of drug-likeness (QED) is 0.776. The Morgan fingerprint density at radius 2 is 2.11 bits per heavy atom. The van der Waals surface area contributed by atoms with Gasteiger partial charge in [0.1, 0.15) is 0 Å². The van der Waals surface area contributed by atoms with Crippen LogP contribution < -0.4 is 9.47 Å². The van der Waals surface area contributed by atoms with Gasteiger partial charge in [-0.05, 0) is 17.5 Å². The minimum Gasteiger partial charge on any atom is -0.493 e. The number of thiophene rings is 1. The monoisotopic (exact) mass is 397 g/mol. The summed E-state index contributed by atoms with van der Waals surface area (Å²) in [5.41, 5.74) is 1.68. The standard InChI is InChI=1S/C21H23N3O3S/c1-14(25)23-10-8-21(9-11-23)24-17(13-16(22-24)19-7-4-12-28-19)15-5-3-6-18(26-2)20(15)27-21/h3-7,12,17H,8-11,13H2,1-2H3/t17-/m0/s1. The Morgan fingerprint density at radius 3 is 2.79 bits per heavy atom. The van der Waals surface area contributed by atoms with Crippen molar-refractivity contribution in [3.8, 4) is 11.5 Å². The number of carbonyl (C=O) groups is 1. The molecule has 1 spiro atoms. The van der Waals surface area contributed by atoms with Crippen molar-refractivity contribution in [2.45, 2.75) is 38.0 Å². The Hall–Kier alpha value is -2.54. The van der Waals surface area contributed by atoms with Crippen LogP contribution in [0.25, 0.3) is 0 Å². The van der Waals surface area contributed by atoms with Crippen LogP contribution in [0.1, 0.15) is 42.7 Å². The third-order valence-electron chi connectivity index (χ3n) is 6.00. The van der Waals surface area contributed by atoms with Crippen molar-refractivity contribution >= 4 is 23.0 Å². The third-order valence-corrected chi connectivity index (χ3v) is 6.92. The minimum absolute atomic E-state index is 0.115. The Kier molecular flexibility index (Phi) is 4.08. The Balaban J connectivity index is 1.58. The van der Waals surface area contributed by atoms with Crippen LogP contribution in [0, 0.1) is 0 Å². The molecule has 3 aliphatic rings. The van der Waals surface area contributed by atoms with Crippen LogP contribution in [-0.4, -0.2) is 47.5 Å². The minimum atomic E-state index is -0.544. The van der Waals surface area contributed by atoms with Crippen molar-refractivity contribution in [2.24, 2.45) is 5.10 Å². The second kappa shape index (κ2) is 6.51. The molecule has 1 atom stereocenters. The number of amides is 1. The van der Waals surface area contributed by atoms with E-state index in [4.69, 9.17) is 14.6 Å². The molecule has 1 fully saturated rings. The van der Waals surface area contributed by atoms with E-state index in [0.29, 0.717) is 13.1 Å². The molecule has 0 radical (unpaired) electrons.